The van der Waals surface area contributed by atoms with Gasteiger partial charge in [0.1, 0.15) is 6.10 Å². The van der Waals surface area contributed by atoms with Gasteiger partial charge in [0.25, 0.3) is 0 Å². The molecule has 0 saturated carbocycles. The van der Waals surface area contributed by atoms with E-state index in [-0.39, 0.29) is 55.0 Å². The summed E-state index contributed by atoms with van der Waals surface area (Å²) in [6.45, 7) is 6.11. The monoisotopic (exact) mass is 725 g/mol. The molecule has 0 radical (unpaired) electrons. The number of nitrogens with zero attached hydrogens (tertiary/aromatic N) is 3. The lowest BCUT2D eigenvalue weighted by Crippen LogP contribution is -2.51. The number of aromatic amines is 1. The van der Waals surface area contributed by atoms with Crippen molar-refractivity contribution in [2.24, 2.45) is 16.8 Å². The zero-order valence-electron chi connectivity index (χ0n) is 29.6. The van der Waals surface area contributed by atoms with E-state index in [9.17, 15) is 23.4 Å². The number of aliphatic imine (C=N–C) groups is 1. The highest BCUT2D eigenvalue weighted by Crippen LogP contribution is 2.33. The number of aliphatic hydroxyl groups is 1. The molecule has 3 aliphatic rings. The van der Waals surface area contributed by atoms with Crippen LogP contribution in [0.4, 0.5) is 4.79 Å². The summed E-state index contributed by atoms with van der Waals surface area (Å²) in [6.07, 6.45) is 2.95. The molecular formula is C37H51N5O8S. The number of hydrogen-bond acceptors (Lipinski definition) is 10. The van der Waals surface area contributed by atoms with Gasteiger partial charge in [0, 0.05) is 42.8 Å². The number of carbonyl (C=O) groups is 1. The van der Waals surface area contributed by atoms with Crippen molar-refractivity contribution in [3.63, 3.8) is 0 Å². The van der Waals surface area contributed by atoms with Gasteiger partial charge in [-0.3, -0.25) is 4.99 Å². The van der Waals surface area contributed by atoms with Gasteiger partial charge >= 0.3 is 6.09 Å². The van der Waals surface area contributed by atoms with E-state index < -0.39 is 34.4 Å². The molecule has 3 fully saturated rings. The minimum absolute atomic E-state index is 0.0191. The van der Waals surface area contributed by atoms with Crippen molar-refractivity contribution < 1.29 is 37.6 Å². The van der Waals surface area contributed by atoms with E-state index >= 15 is 0 Å². The number of ether oxygens (including phenoxy) is 3. The third-order valence-corrected chi connectivity index (χ3v) is 12.0. The molecule has 2 aromatic carbocycles. The van der Waals surface area contributed by atoms with Crippen LogP contribution in [0, 0.1) is 11.8 Å². The predicted octanol–water partition coefficient (Wildman–Crippen LogP) is 3.88. The van der Waals surface area contributed by atoms with Crippen molar-refractivity contribution >= 4 is 33.2 Å². The van der Waals surface area contributed by atoms with E-state index in [1.54, 1.807) is 12.3 Å². The van der Waals surface area contributed by atoms with E-state index in [0.29, 0.717) is 35.7 Å². The average Bonchev–Trinajstić information content (AvgIpc) is 3.88. The molecular weight excluding hydrogens is 675 g/mol. The van der Waals surface area contributed by atoms with E-state index in [2.05, 4.69) is 27.2 Å². The number of fused-ring (bicyclic) bond motifs is 2. The van der Waals surface area contributed by atoms with Gasteiger partial charge in [0.05, 0.1) is 41.7 Å². The van der Waals surface area contributed by atoms with E-state index in [4.69, 9.17) is 14.2 Å². The van der Waals surface area contributed by atoms with Crippen LogP contribution in [0.3, 0.4) is 0 Å². The van der Waals surface area contributed by atoms with Gasteiger partial charge in [0.15, 0.2) is 12.2 Å². The van der Waals surface area contributed by atoms with Crippen molar-refractivity contribution in [1.29, 1.82) is 0 Å². The third kappa shape index (κ3) is 8.93. The number of alkyl carbamates (subject to hydrolysis) is 1. The van der Waals surface area contributed by atoms with Gasteiger partial charge in [-0.15, -0.1) is 0 Å². The highest BCUT2D eigenvalue weighted by Gasteiger charge is 2.44. The number of aliphatic hydroxyl groups excluding tert-OH is 1. The molecule has 6 rings (SSSR count). The van der Waals surface area contributed by atoms with Crippen LogP contribution in [-0.4, -0.2) is 122 Å². The van der Waals surface area contributed by atoms with Gasteiger partial charge in [-0.2, -0.15) is 4.31 Å². The molecule has 3 aliphatic heterocycles. The molecule has 51 heavy (non-hydrogen) atoms. The Morgan fingerprint density at radius 3 is 2.73 bits per heavy atom. The van der Waals surface area contributed by atoms with Gasteiger partial charge < -0.3 is 39.6 Å². The molecule has 3 aromatic rings. The van der Waals surface area contributed by atoms with Crippen LogP contribution in [0.2, 0.25) is 0 Å². The fourth-order valence-corrected chi connectivity index (χ4v) is 9.03. The molecule has 6 atom stereocenters. The standard InChI is InChI=1S/C37H51N5O8S/c1-24(2)21-42(22-33(43)32(18-25-8-5-4-6-9-25)40-37(45)50-34-23-49-36-28(34)14-17-48-36)51(46,47)27-11-12-31-29(19-27)30(35(44)39-31)20-38-15-13-26-10-7-16-41(26)3/h4-6,8-9,11-12,19-20,24,26,28,32-34,36,39,43-44H,7,10,13-18,21-23H2,1-3H3,(H,40,45)/t26?,28?,32-,33+,34-,36?/m0/s1. The summed E-state index contributed by atoms with van der Waals surface area (Å²) in [5.74, 6) is -0.203. The van der Waals surface area contributed by atoms with E-state index in [1.165, 1.54) is 22.9 Å². The quantitative estimate of drug-likeness (QED) is 0.170. The molecule has 4 heterocycles. The average molecular weight is 726 g/mol. The molecule has 0 aliphatic carbocycles. The summed E-state index contributed by atoms with van der Waals surface area (Å²) in [5, 5.41) is 25.7. The number of hydrogen-bond donors (Lipinski definition) is 4. The fourth-order valence-electron chi connectivity index (χ4n) is 7.38. The van der Waals surface area contributed by atoms with Gasteiger partial charge in [-0.05, 0) is 75.4 Å². The topological polar surface area (TPSA) is 166 Å². The number of aromatic hydroxyl groups is 1. The maximum Gasteiger partial charge on any atom is 0.407 e. The number of amides is 1. The second-order valence-electron chi connectivity index (χ2n) is 14.4. The third-order valence-electron chi connectivity index (χ3n) is 10.2. The number of H-pyrrole nitrogens is 1. The summed E-state index contributed by atoms with van der Waals surface area (Å²) in [6, 6.07) is 13.7. The van der Waals surface area contributed by atoms with E-state index in [0.717, 1.165) is 31.4 Å². The van der Waals surface area contributed by atoms with Gasteiger partial charge in [-0.1, -0.05) is 44.2 Å². The molecule has 4 N–H and O–H groups in total. The minimum Gasteiger partial charge on any atom is -0.494 e. The summed E-state index contributed by atoms with van der Waals surface area (Å²) >= 11 is 0. The summed E-state index contributed by atoms with van der Waals surface area (Å²) in [7, 11) is -2.02. The number of aromatic nitrogens is 1. The Hall–Kier alpha value is -3.53. The van der Waals surface area contributed by atoms with Crippen molar-refractivity contribution in [3.05, 3.63) is 59.7 Å². The Labute approximate surface area is 300 Å². The van der Waals surface area contributed by atoms with Crippen LogP contribution in [0.15, 0.2) is 58.4 Å². The van der Waals surface area contributed by atoms with Crippen LogP contribution in [0.1, 0.15) is 50.7 Å². The Morgan fingerprint density at radius 2 is 1.98 bits per heavy atom. The number of benzene rings is 2. The predicted molar refractivity (Wildman–Crippen MR) is 193 cm³/mol. The molecule has 3 unspecified atom stereocenters. The highest BCUT2D eigenvalue weighted by molar-refractivity contribution is 7.89. The summed E-state index contributed by atoms with van der Waals surface area (Å²) < 4.78 is 46.8. The van der Waals surface area contributed by atoms with Crippen LogP contribution >= 0.6 is 0 Å². The first-order valence-corrected chi connectivity index (χ1v) is 19.4. The number of sulfonamides is 1. The Bertz CT molecular complexity index is 1770. The lowest BCUT2D eigenvalue weighted by atomic mass is 10.0. The maximum absolute atomic E-state index is 14.3. The normalized spacial score (nSPS) is 23.8. The zero-order chi connectivity index (χ0) is 36.1. The van der Waals surface area contributed by atoms with Crippen molar-refractivity contribution in [2.45, 2.75) is 81.4 Å². The first kappa shape index (κ1) is 37.2. The molecule has 278 valence electrons. The van der Waals surface area contributed by atoms with Crippen molar-refractivity contribution in [1.82, 2.24) is 19.5 Å². The molecule has 14 heteroatoms. The molecule has 1 aromatic heterocycles. The second-order valence-corrected chi connectivity index (χ2v) is 16.3. The first-order chi connectivity index (χ1) is 24.5. The molecule has 0 spiro atoms. The maximum atomic E-state index is 14.3. The summed E-state index contributed by atoms with van der Waals surface area (Å²) in [4.78, 5) is 23.1. The Balaban J connectivity index is 1.20. The molecule has 3 saturated heterocycles. The van der Waals surface area contributed by atoms with Gasteiger partial charge in [-0.25, -0.2) is 13.2 Å². The molecule has 13 nitrogen and oxygen atoms in total. The fraction of sp³-hybridized carbons (Fsp3) is 0.568. The highest BCUT2D eigenvalue weighted by atomic mass is 32.2. The minimum atomic E-state index is -4.14. The Morgan fingerprint density at radius 1 is 1.18 bits per heavy atom. The Kier molecular flexibility index (Phi) is 12.0. The largest absolute Gasteiger partial charge is 0.494 e. The molecule has 0 bridgehead atoms. The smallest absolute Gasteiger partial charge is 0.407 e. The number of likely N-dealkylation sites (tertiary alicyclic amines) is 1. The second kappa shape index (κ2) is 16.4. The van der Waals surface area contributed by atoms with E-state index in [1.807, 2.05) is 44.2 Å². The SMILES string of the molecule is CC(C)CN(C[C@@H](O)[C@H](Cc1ccccc1)NC(=O)O[C@H]1COC2OCCC21)S(=O)(=O)c1ccc2[nH]c(O)c(C=NCCC3CCCN3C)c2c1. The van der Waals surface area contributed by atoms with Crippen LogP contribution in [0.5, 0.6) is 5.88 Å². The summed E-state index contributed by atoms with van der Waals surface area (Å²) in [5.41, 5.74) is 1.86. The van der Waals surface area contributed by atoms with Gasteiger partial charge in [0.2, 0.25) is 10.0 Å². The number of carbonyl (C=O) groups excluding carboxylic acids is 1. The van der Waals surface area contributed by atoms with Crippen LogP contribution in [-0.2, 0) is 30.7 Å². The van der Waals surface area contributed by atoms with Crippen molar-refractivity contribution in [3.8, 4) is 5.88 Å². The lowest BCUT2D eigenvalue weighted by Gasteiger charge is -2.31. The van der Waals surface area contributed by atoms with Crippen LogP contribution < -0.4 is 5.32 Å². The number of nitrogens with one attached hydrogen (secondary N) is 2. The lowest BCUT2D eigenvalue weighted by molar-refractivity contribution is -0.0907. The zero-order valence-corrected chi connectivity index (χ0v) is 30.4. The van der Waals surface area contributed by atoms with Crippen LogP contribution in [0.25, 0.3) is 10.9 Å². The molecule has 1 amide bonds. The first-order valence-electron chi connectivity index (χ1n) is 18.0. The number of rotatable bonds is 15. The van der Waals surface area contributed by atoms with Crippen molar-refractivity contribution in [2.75, 3.05) is 46.4 Å².